The summed E-state index contributed by atoms with van der Waals surface area (Å²) in [4.78, 5) is 25.7. The fourth-order valence-corrected chi connectivity index (χ4v) is 3.21. The third kappa shape index (κ3) is 3.28. The summed E-state index contributed by atoms with van der Waals surface area (Å²) in [5.41, 5.74) is 6.01. The summed E-state index contributed by atoms with van der Waals surface area (Å²) in [5.74, 6) is -0.535. The van der Waals surface area contributed by atoms with Gasteiger partial charge < -0.3 is 10.6 Å². The van der Waals surface area contributed by atoms with Gasteiger partial charge in [0.15, 0.2) is 0 Å². The molecule has 6 heteroatoms. The van der Waals surface area contributed by atoms with Gasteiger partial charge in [-0.1, -0.05) is 15.9 Å². The normalized spacial score (nSPS) is 19.3. The Morgan fingerprint density at radius 2 is 2.11 bits per heavy atom. The van der Waals surface area contributed by atoms with Crippen LogP contribution in [0.5, 0.6) is 0 Å². The van der Waals surface area contributed by atoms with Crippen LogP contribution in [0.25, 0.3) is 0 Å². The van der Waals surface area contributed by atoms with E-state index in [1.165, 1.54) is 0 Å². The van der Waals surface area contributed by atoms with Gasteiger partial charge in [-0.15, -0.1) is 0 Å². The summed E-state index contributed by atoms with van der Waals surface area (Å²) in [5, 5.41) is 0. The highest BCUT2D eigenvalue weighted by Crippen LogP contribution is 2.24. The molecule has 0 aromatic heterocycles. The molecule has 0 bridgehead atoms. The predicted molar refractivity (Wildman–Crippen MR) is 84.7 cm³/mol. The number of hydrogen-bond acceptors (Lipinski definition) is 2. The number of benzene rings is 1. The lowest BCUT2D eigenvalue weighted by atomic mass is 10.0. The zero-order valence-electron chi connectivity index (χ0n) is 10.2. The van der Waals surface area contributed by atoms with Crippen LogP contribution >= 0.6 is 38.5 Å². The minimum Gasteiger partial charge on any atom is -0.368 e. The Kier molecular flexibility index (Phi) is 4.83. The summed E-state index contributed by atoms with van der Waals surface area (Å²) in [6.45, 7) is 0.592. The quantitative estimate of drug-likeness (QED) is 0.724. The third-order valence-electron chi connectivity index (χ3n) is 3.25. The number of halogens is 2. The molecular weight excluding hydrogens is 423 g/mol. The maximum absolute atomic E-state index is 12.6. The lowest BCUT2D eigenvalue weighted by molar-refractivity contribution is -0.123. The molecule has 2 amide bonds. The number of nitrogens with two attached hydrogens (primary N) is 1. The van der Waals surface area contributed by atoms with Crippen LogP contribution in [-0.2, 0) is 4.79 Å². The monoisotopic (exact) mass is 436 g/mol. The summed E-state index contributed by atoms with van der Waals surface area (Å²) in [7, 11) is 0. The van der Waals surface area contributed by atoms with Crippen molar-refractivity contribution in [3.63, 3.8) is 0 Å². The Morgan fingerprint density at radius 1 is 1.37 bits per heavy atom. The zero-order chi connectivity index (χ0) is 14.0. The highest BCUT2D eigenvalue weighted by atomic mass is 127. The Labute approximate surface area is 134 Å². The van der Waals surface area contributed by atoms with Gasteiger partial charge in [-0.2, -0.15) is 0 Å². The van der Waals surface area contributed by atoms with Crippen LogP contribution in [0.2, 0.25) is 0 Å². The van der Waals surface area contributed by atoms with E-state index in [0.717, 1.165) is 20.9 Å². The minimum atomic E-state index is -0.476. The molecule has 0 aliphatic carbocycles. The van der Waals surface area contributed by atoms with Crippen molar-refractivity contribution in [2.75, 3.05) is 6.54 Å². The molecule has 0 radical (unpaired) electrons. The SMILES string of the molecule is NC(=O)C1CCCCN1C(=O)c1cc(Br)ccc1I. The molecule has 1 aromatic carbocycles. The average Bonchev–Trinajstić information content (AvgIpc) is 2.40. The molecule has 1 fully saturated rings. The van der Waals surface area contributed by atoms with Crippen molar-refractivity contribution in [3.05, 3.63) is 31.8 Å². The molecule has 0 spiro atoms. The van der Waals surface area contributed by atoms with E-state index in [-0.39, 0.29) is 5.91 Å². The largest absolute Gasteiger partial charge is 0.368 e. The number of likely N-dealkylation sites (tertiary alicyclic amines) is 1. The molecule has 1 aliphatic rings. The van der Waals surface area contributed by atoms with E-state index in [9.17, 15) is 9.59 Å². The third-order valence-corrected chi connectivity index (χ3v) is 4.68. The first-order valence-electron chi connectivity index (χ1n) is 6.06. The first kappa shape index (κ1) is 14.8. The first-order valence-corrected chi connectivity index (χ1v) is 7.93. The summed E-state index contributed by atoms with van der Waals surface area (Å²) in [6.07, 6.45) is 2.51. The van der Waals surface area contributed by atoms with Gasteiger partial charge >= 0.3 is 0 Å². The van der Waals surface area contributed by atoms with Crippen molar-refractivity contribution in [2.45, 2.75) is 25.3 Å². The molecule has 102 valence electrons. The number of carbonyl (C=O) groups excluding carboxylic acids is 2. The Morgan fingerprint density at radius 3 is 2.79 bits per heavy atom. The maximum atomic E-state index is 12.6. The Balaban J connectivity index is 2.31. The van der Waals surface area contributed by atoms with E-state index in [1.54, 1.807) is 11.0 Å². The highest BCUT2D eigenvalue weighted by Gasteiger charge is 2.31. The van der Waals surface area contributed by atoms with Gasteiger partial charge in [0.05, 0.1) is 5.56 Å². The van der Waals surface area contributed by atoms with Crippen molar-refractivity contribution in [1.82, 2.24) is 4.90 Å². The smallest absolute Gasteiger partial charge is 0.255 e. The fraction of sp³-hybridized carbons (Fsp3) is 0.385. The number of carbonyl (C=O) groups is 2. The molecule has 1 heterocycles. The molecule has 0 saturated carbocycles. The second kappa shape index (κ2) is 6.21. The molecule has 1 saturated heterocycles. The van der Waals surface area contributed by atoms with Crippen molar-refractivity contribution in [2.24, 2.45) is 5.73 Å². The van der Waals surface area contributed by atoms with Crippen LogP contribution in [-0.4, -0.2) is 29.3 Å². The van der Waals surface area contributed by atoms with E-state index < -0.39 is 11.9 Å². The fourth-order valence-electron chi connectivity index (χ4n) is 2.29. The first-order chi connectivity index (χ1) is 9.00. The van der Waals surface area contributed by atoms with Crippen LogP contribution in [0.15, 0.2) is 22.7 Å². The molecule has 1 atom stereocenters. The molecule has 1 aliphatic heterocycles. The average molecular weight is 437 g/mol. The van der Waals surface area contributed by atoms with Crippen LogP contribution in [0.3, 0.4) is 0 Å². The molecule has 19 heavy (non-hydrogen) atoms. The minimum absolute atomic E-state index is 0.116. The number of nitrogens with zero attached hydrogens (tertiary/aromatic N) is 1. The van der Waals surface area contributed by atoms with Gasteiger partial charge in [-0.3, -0.25) is 9.59 Å². The van der Waals surface area contributed by atoms with Crippen LogP contribution in [0, 0.1) is 3.57 Å². The van der Waals surface area contributed by atoms with Gasteiger partial charge in [0.1, 0.15) is 6.04 Å². The lowest BCUT2D eigenvalue weighted by Gasteiger charge is -2.34. The summed E-state index contributed by atoms with van der Waals surface area (Å²) in [6, 6.07) is 5.08. The molecule has 2 rings (SSSR count). The van der Waals surface area contributed by atoms with Crippen LogP contribution in [0.1, 0.15) is 29.6 Å². The van der Waals surface area contributed by atoms with Gasteiger partial charge in [0, 0.05) is 14.6 Å². The molecule has 4 nitrogen and oxygen atoms in total. The van der Waals surface area contributed by atoms with E-state index in [0.29, 0.717) is 18.5 Å². The second-order valence-electron chi connectivity index (χ2n) is 4.54. The predicted octanol–water partition coefficient (Wildman–Crippen LogP) is 2.53. The van der Waals surface area contributed by atoms with E-state index in [1.807, 2.05) is 12.1 Å². The van der Waals surface area contributed by atoms with Crippen LogP contribution < -0.4 is 5.73 Å². The van der Waals surface area contributed by atoms with Gasteiger partial charge in [-0.05, 0) is 60.1 Å². The Bertz CT molecular complexity index is 521. The zero-order valence-corrected chi connectivity index (χ0v) is 14.0. The van der Waals surface area contributed by atoms with E-state index >= 15 is 0 Å². The van der Waals surface area contributed by atoms with Crippen molar-refractivity contribution >= 4 is 50.3 Å². The summed E-state index contributed by atoms with van der Waals surface area (Å²) >= 11 is 5.50. The van der Waals surface area contributed by atoms with E-state index in [2.05, 4.69) is 38.5 Å². The van der Waals surface area contributed by atoms with Crippen molar-refractivity contribution in [3.8, 4) is 0 Å². The standard InChI is InChI=1S/C13H14BrIN2O2/c14-8-4-5-10(15)9(7-8)13(19)17-6-2-1-3-11(17)12(16)18/h4-5,7,11H,1-3,6H2,(H2,16,18). The van der Waals surface area contributed by atoms with Crippen LogP contribution in [0.4, 0.5) is 0 Å². The topological polar surface area (TPSA) is 63.4 Å². The number of hydrogen-bond donors (Lipinski definition) is 1. The Hall–Kier alpha value is -0.630. The number of rotatable bonds is 2. The van der Waals surface area contributed by atoms with Gasteiger partial charge in [0.25, 0.3) is 5.91 Å². The van der Waals surface area contributed by atoms with E-state index in [4.69, 9.17) is 5.73 Å². The number of primary amides is 1. The molecule has 1 aromatic rings. The van der Waals surface area contributed by atoms with Gasteiger partial charge in [-0.25, -0.2) is 0 Å². The van der Waals surface area contributed by atoms with Crippen molar-refractivity contribution in [1.29, 1.82) is 0 Å². The second-order valence-corrected chi connectivity index (χ2v) is 6.61. The number of piperidine rings is 1. The molecule has 1 unspecified atom stereocenters. The van der Waals surface area contributed by atoms with Crippen molar-refractivity contribution < 1.29 is 9.59 Å². The molecule has 2 N–H and O–H groups in total. The maximum Gasteiger partial charge on any atom is 0.255 e. The highest BCUT2D eigenvalue weighted by molar-refractivity contribution is 14.1. The van der Waals surface area contributed by atoms with Gasteiger partial charge in [0.2, 0.25) is 5.91 Å². The number of amides is 2. The lowest BCUT2D eigenvalue weighted by Crippen LogP contribution is -2.50. The summed E-state index contributed by atoms with van der Waals surface area (Å²) < 4.78 is 1.73. The molecular formula is C13H14BrIN2O2.